The van der Waals surface area contributed by atoms with E-state index in [4.69, 9.17) is 4.98 Å². The molecule has 5 heteroatoms. The molecule has 0 radical (unpaired) electrons. The smallest absolute Gasteiger partial charge is 0.220 e. The molecular formula is C55H32N4S. The molecule has 0 saturated carbocycles. The van der Waals surface area contributed by atoms with Crippen LogP contribution in [0, 0.1) is 0 Å². The van der Waals surface area contributed by atoms with Crippen molar-refractivity contribution < 1.29 is 0 Å². The third kappa shape index (κ3) is 4.21. The first kappa shape index (κ1) is 32.3. The maximum Gasteiger partial charge on any atom is 0.220 e. The summed E-state index contributed by atoms with van der Waals surface area (Å²) in [6.07, 6.45) is 0. The van der Waals surface area contributed by atoms with Gasteiger partial charge in [0.05, 0.1) is 42.7 Å². The standard InChI is InChI=1S/C55H32N4S/c1-2-15-35-34(14-1)36-16-3-4-18-38(36)40-29-28-33(32-45(40)39-19-6-5-17-37(35)39)57-48-25-11-12-26-49(48)59-50-31-30-44-43-22-13-27-51(53(43)60-54(44)52(50)56-55(57)59)58-46-23-9-7-20-41(46)42-21-8-10-24-47(42)58/h1-32H. The molecule has 4 aromatic heterocycles. The van der Waals surface area contributed by atoms with Crippen LogP contribution in [-0.4, -0.2) is 18.5 Å². The molecule has 60 heavy (non-hydrogen) atoms. The van der Waals surface area contributed by atoms with E-state index < -0.39 is 0 Å². The van der Waals surface area contributed by atoms with Crippen LogP contribution < -0.4 is 0 Å². The number of nitrogens with zero attached hydrogens (tertiary/aromatic N) is 4. The van der Waals surface area contributed by atoms with Gasteiger partial charge in [0.2, 0.25) is 5.78 Å². The van der Waals surface area contributed by atoms with Crippen LogP contribution >= 0.6 is 11.3 Å². The number of hydrogen-bond donors (Lipinski definition) is 0. The van der Waals surface area contributed by atoms with Gasteiger partial charge in [-0.1, -0.05) is 146 Å². The van der Waals surface area contributed by atoms with E-state index in [0.717, 1.165) is 33.5 Å². The quantitative estimate of drug-likeness (QED) is 0.172. The Kier molecular flexibility index (Phi) is 6.41. The molecule has 13 aromatic rings. The molecule has 0 spiro atoms. The van der Waals surface area contributed by atoms with E-state index in [1.165, 1.54) is 92.2 Å². The molecule has 1 aliphatic rings. The predicted molar refractivity (Wildman–Crippen MR) is 252 cm³/mol. The monoisotopic (exact) mass is 780 g/mol. The zero-order valence-electron chi connectivity index (χ0n) is 32.2. The van der Waals surface area contributed by atoms with Crippen molar-refractivity contribution in [1.82, 2.24) is 18.5 Å². The average molecular weight is 781 g/mol. The third-order valence-electron chi connectivity index (χ3n) is 12.8. The molecule has 0 amide bonds. The zero-order valence-corrected chi connectivity index (χ0v) is 33.0. The first-order valence-electron chi connectivity index (χ1n) is 20.5. The Hall–Kier alpha value is -7.73. The number of benzene rings is 9. The van der Waals surface area contributed by atoms with Gasteiger partial charge in [0.1, 0.15) is 5.52 Å². The molecule has 9 aromatic carbocycles. The molecule has 14 rings (SSSR count). The Labute approximate surface area is 348 Å². The lowest BCUT2D eigenvalue weighted by molar-refractivity contribution is 1.11. The van der Waals surface area contributed by atoms with Gasteiger partial charge in [-0.3, -0.25) is 8.97 Å². The van der Waals surface area contributed by atoms with Gasteiger partial charge in [0, 0.05) is 27.2 Å². The summed E-state index contributed by atoms with van der Waals surface area (Å²) in [6.45, 7) is 0. The van der Waals surface area contributed by atoms with Crippen molar-refractivity contribution in [2.75, 3.05) is 0 Å². The van der Waals surface area contributed by atoms with Crippen LogP contribution in [0.5, 0.6) is 0 Å². The largest absolute Gasteiger partial charge is 0.308 e. The van der Waals surface area contributed by atoms with Gasteiger partial charge in [-0.2, -0.15) is 0 Å². The molecule has 0 N–H and O–H groups in total. The highest BCUT2D eigenvalue weighted by Gasteiger charge is 2.25. The average Bonchev–Trinajstić information content (AvgIpc) is 4.06. The lowest BCUT2D eigenvalue weighted by atomic mass is 9.81. The number of aromatic nitrogens is 4. The summed E-state index contributed by atoms with van der Waals surface area (Å²) < 4.78 is 9.63. The first-order valence-corrected chi connectivity index (χ1v) is 21.3. The Balaban J connectivity index is 1.04. The minimum absolute atomic E-state index is 0.906. The molecule has 0 fully saturated rings. The van der Waals surface area contributed by atoms with Gasteiger partial charge in [-0.15, -0.1) is 11.3 Å². The number of thiophene rings is 1. The van der Waals surface area contributed by atoms with E-state index in [2.05, 4.69) is 208 Å². The summed E-state index contributed by atoms with van der Waals surface area (Å²) in [7, 11) is 0. The second-order valence-electron chi connectivity index (χ2n) is 15.9. The summed E-state index contributed by atoms with van der Waals surface area (Å²) in [6, 6.07) is 71.1. The van der Waals surface area contributed by atoms with Crippen molar-refractivity contribution in [2.24, 2.45) is 0 Å². The lowest BCUT2D eigenvalue weighted by Gasteiger charge is -2.23. The van der Waals surface area contributed by atoms with E-state index in [1.807, 2.05) is 11.3 Å². The molecule has 0 bridgehead atoms. The second-order valence-corrected chi connectivity index (χ2v) is 16.9. The number of rotatable bonds is 2. The van der Waals surface area contributed by atoms with Crippen LogP contribution in [0.15, 0.2) is 194 Å². The van der Waals surface area contributed by atoms with E-state index in [0.29, 0.717) is 0 Å². The number of fused-ring (bicyclic) bond motifs is 20. The van der Waals surface area contributed by atoms with Gasteiger partial charge in [-0.05, 0) is 93.0 Å². The summed E-state index contributed by atoms with van der Waals surface area (Å²) in [5.41, 5.74) is 19.0. The van der Waals surface area contributed by atoms with E-state index in [9.17, 15) is 0 Å². The van der Waals surface area contributed by atoms with Gasteiger partial charge >= 0.3 is 0 Å². The minimum Gasteiger partial charge on any atom is -0.308 e. The number of imidazole rings is 2. The van der Waals surface area contributed by atoms with Crippen LogP contribution in [0.3, 0.4) is 0 Å². The summed E-state index contributed by atoms with van der Waals surface area (Å²) >= 11 is 1.86. The molecule has 0 aliphatic heterocycles. The Morgan fingerprint density at radius 1 is 0.333 bits per heavy atom. The summed E-state index contributed by atoms with van der Waals surface area (Å²) in [4.78, 5) is 5.63. The molecular weight excluding hydrogens is 749 g/mol. The normalized spacial score (nSPS) is 12.3. The fourth-order valence-electron chi connectivity index (χ4n) is 10.3. The third-order valence-corrected chi connectivity index (χ3v) is 14.1. The molecule has 4 nitrogen and oxygen atoms in total. The Morgan fingerprint density at radius 2 is 0.833 bits per heavy atom. The van der Waals surface area contributed by atoms with Crippen LogP contribution in [0.2, 0.25) is 0 Å². The van der Waals surface area contributed by atoms with Crippen molar-refractivity contribution in [2.45, 2.75) is 0 Å². The van der Waals surface area contributed by atoms with E-state index in [-0.39, 0.29) is 0 Å². The van der Waals surface area contributed by atoms with Crippen LogP contribution in [0.4, 0.5) is 0 Å². The van der Waals surface area contributed by atoms with Crippen LogP contribution in [0.25, 0.3) is 126 Å². The SMILES string of the molecule is c1ccc2c(c1)-c1ccccc1-c1ccc(-n3c4ccccc4n4c5ccc6c7cccc(-n8c9ccccc9c9ccccc98)c7sc6c5nc34)cc1-c1ccccc1-2. The molecule has 1 aliphatic carbocycles. The zero-order chi connectivity index (χ0) is 39.1. The van der Waals surface area contributed by atoms with Crippen molar-refractivity contribution in [3.05, 3.63) is 194 Å². The Bertz CT molecular complexity index is 3910. The predicted octanol–water partition coefficient (Wildman–Crippen LogP) is 14.9. The Morgan fingerprint density at radius 3 is 1.47 bits per heavy atom. The van der Waals surface area contributed by atoms with Gasteiger partial charge in [0.15, 0.2) is 0 Å². The van der Waals surface area contributed by atoms with E-state index >= 15 is 0 Å². The minimum atomic E-state index is 0.906. The second kappa shape index (κ2) is 11.9. The van der Waals surface area contributed by atoms with Crippen molar-refractivity contribution >= 4 is 81.2 Å². The van der Waals surface area contributed by atoms with Crippen LogP contribution in [0.1, 0.15) is 0 Å². The molecule has 4 heterocycles. The lowest BCUT2D eigenvalue weighted by Crippen LogP contribution is -2.00. The molecule has 278 valence electrons. The van der Waals surface area contributed by atoms with Gasteiger partial charge in [0.25, 0.3) is 0 Å². The topological polar surface area (TPSA) is 27.2 Å². The highest BCUT2D eigenvalue weighted by molar-refractivity contribution is 7.27. The summed E-state index contributed by atoms with van der Waals surface area (Å²) in [5.74, 6) is 0.906. The molecule has 0 unspecified atom stereocenters. The summed E-state index contributed by atoms with van der Waals surface area (Å²) in [5, 5.41) is 5.02. The maximum absolute atomic E-state index is 5.63. The molecule has 0 saturated heterocycles. The van der Waals surface area contributed by atoms with Crippen molar-refractivity contribution in [1.29, 1.82) is 0 Å². The van der Waals surface area contributed by atoms with Crippen LogP contribution in [-0.2, 0) is 0 Å². The fourth-order valence-corrected chi connectivity index (χ4v) is 11.6. The number of hydrogen-bond acceptors (Lipinski definition) is 2. The van der Waals surface area contributed by atoms with Gasteiger partial charge in [-0.25, -0.2) is 4.98 Å². The van der Waals surface area contributed by atoms with E-state index in [1.54, 1.807) is 0 Å². The first-order chi connectivity index (χ1) is 29.8. The molecule has 0 atom stereocenters. The number of para-hydroxylation sites is 4. The van der Waals surface area contributed by atoms with Gasteiger partial charge < -0.3 is 4.57 Å². The van der Waals surface area contributed by atoms with Crippen molar-refractivity contribution in [3.63, 3.8) is 0 Å². The highest BCUT2D eigenvalue weighted by Crippen LogP contribution is 2.49. The highest BCUT2D eigenvalue weighted by atomic mass is 32.1. The fraction of sp³-hybridized carbons (Fsp3) is 0. The van der Waals surface area contributed by atoms with Crippen molar-refractivity contribution in [3.8, 4) is 55.9 Å². The maximum atomic E-state index is 5.63.